The predicted molar refractivity (Wildman–Crippen MR) is 67.9 cm³/mol. The first kappa shape index (κ1) is 17.4. The summed E-state index contributed by atoms with van der Waals surface area (Å²) in [6.07, 6.45) is -0.129. The van der Waals surface area contributed by atoms with Gasteiger partial charge < -0.3 is 9.57 Å². The van der Waals surface area contributed by atoms with Gasteiger partial charge in [-0.15, -0.1) is 0 Å². The number of halogens is 5. The molecule has 0 radical (unpaired) electrons. The molecule has 0 aromatic heterocycles. The number of ether oxygens (including phenoxy) is 1. The van der Waals surface area contributed by atoms with Crippen molar-refractivity contribution < 1.29 is 39.9 Å². The fraction of sp³-hybridized carbons (Fsp3) is 0.417. The van der Waals surface area contributed by atoms with Crippen molar-refractivity contribution in [2.75, 3.05) is 5.94 Å². The van der Waals surface area contributed by atoms with Crippen molar-refractivity contribution in [1.82, 2.24) is 0 Å². The lowest BCUT2D eigenvalue weighted by Gasteiger charge is -2.13. The Kier molecular flexibility index (Phi) is 4.26. The van der Waals surface area contributed by atoms with Gasteiger partial charge in [0.15, 0.2) is 16.7 Å². The van der Waals surface area contributed by atoms with Crippen LogP contribution in [0.15, 0.2) is 5.16 Å². The smallest absolute Gasteiger partial charge is 0.230 e. The van der Waals surface area contributed by atoms with E-state index in [1.807, 2.05) is 0 Å². The quantitative estimate of drug-likeness (QED) is 0.473. The number of rotatable bonds is 3. The van der Waals surface area contributed by atoms with Crippen LogP contribution in [-0.4, -0.2) is 25.0 Å². The molecule has 0 fully saturated rings. The van der Waals surface area contributed by atoms with Gasteiger partial charge >= 0.3 is 0 Å². The Morgan fingerprint density at radius 2 is 1.52 bits per heavy atom. The van der Waals surface area contributed by atoms with Crippen LogP contribution >= 0.6 is 0 Å². The minimum absolute atomic E-state index is 0.129. The average molecular weight is 359 g/mol. The van der Waals surface area contributed by atoms with Gasteiger partial charge in [-0.1, -0.05) is 5.16 Å². The van der Waals surface area contributed by atoms with Gasteiger partial charge in [-0.3, -0.25) is 0 Å². The van der Waals surface area contributed by atoms with Gasteiger partial charge in [0.2, 0.25) is 38.9 Å². The molecule has 1 aliphatic rings. The Morgan fingerprint density at radius 3 is 1.96 bits per heavy atom. The molecule has 0 unspecified atom stereocenters. The molecule has 23 heavy (non-hydrogen) atoms. The Bertz CT molecular complexity index is 762. The van der Waals surface area contributed by atoms with Gasteiger partial charge in [0.05, 0.1) is 0 Å². The zero-order valence-electron chi connectivity index (χ0n) is 11.8. The summed E-state index contributed by atoms with van der Waals surface area (Å²) in [6, 6.07) is 0. The minimum Gasteiger partial charge on any atom is -0.471 e. The van der Waals surface area contributed by atoms with Crippen molar-refractivity contribution in [3.63, 3.8) is 0 Å². The molecular weight excluding hydrogens is 349 g/mol. The third-order valence-corrected chi connectivity index (χ3v) is 4.22. The van der Waals surface area contributed by atoms with Crippen LogP contribution in [0.2, 0.25) is 0 Å². The van der Waals surface area contributed by atoms with E-state index in [9.17, 15) is 30.4 Å². The van der Waals surface area contributed by atoms with Gasteiger partial charge in [-0.2, -0.15) is 8.78 Å². The number of sulfone groups is 1. The van der Waals surface area contributed by atoms with E-state index in [0.717, 1.165) is 0 Å². The molecule has 0 N–H and O–H groups in total. The van der Waals surface area contributed by atoms with Crippen LogP contribution in [0.5, 0.6) is 5.75 Å². The van der Waals surface area contributed by atoms with Crippen LogP contribution in [0.1, 0.15) is 20.3 Å². The number of hydrogen-bond donors (Lipinski definition) is 0. The molecule has 0 saturated heterocycles. The van der Waals surface area contributed by atoms with Gasteiger partial charge in [-0.25, -0.2) is 21.6 Å². The van der Waals surface area contributed by atoms with E-state index in [-0.39, 0.29) is 6.42 Å². The SMILES string of the molecule is CC1(C)CC(S(=O)(=O)COc2c(F)c(F)c(F)c(F)c2F)=NO1. The third kappa shape index (κ3) is 3.23. The van der Waals surface area contributed by atoms with E-state index in [4.69, 9.17) is 4.84 Å². The number of nitrogens with zero attached hydrogens (tertiary/aromatic N) is 1. The Labute approximate surface area is 127 Å². The predicted octanol–water partition coefficient (Wildman–Crippen LogP) is 2.65. The zero-order valence-corrected chi connectivity index (χ0v) is 12.6. The summed E-state index contributed by atoms with van der Waals surface area (Å²) in [5, 5.41) is 2.87. The molecule has 0 saturated carbocycles. The van der Waals surface area contributed by atoms with Crippen LogP contribution in [0.3, 0.4) is 0 Å². The third-order valence-electron chi connectivity index (χ3n) is 2.86. The number of hydrogen-bond acceptors (Lipinski definition) is 5. The van der Waals surface area contributed by atoms with Crippen molar-refractivity contribution in [3.05, 3.63) is 29.1 Å². The lowest BCUT2D eigenvalue weighted by molar-refractivity contribution is 0.0123. The summed E-state index contributed by atoms with van der Waals surface area (Å²) >= 11 is 0. The topological polar surface area (TPSA) is 65.0 Å². The van der Waals surface area contributed by atoms with Crippen LogP contribution in [0, 0.1) is 29.1 Å². The van der Waals surface area contributed by atoms with E-state index in [2.05, 4.69) is 9.89 Å². The fourth-order valence-electron chi connectivity index (χ4n) is 1.69. The Balaban J connectivity index is 2.25. The second-order valence-corrected chi connectivity index (χ2v) is 7.23. The van der Waals surface area contributed by atoms with Crippen molar-refractivity contribution >= 4 is 14.9 Å². The molecule has 1 heterocycles. The molecule has 128 valence electrons. The Hall–Kier alpha value is -1.91. The maximum Gasteiger partial charge on any atom is 0.230 e. The first-order valence-corrected chi connectivity index (χ1v) is 7.73. The summed E-state index contributed by atoms with van der Waals surface area (Å²) in [5.74, 6) is -14.4. The zero-order chi connectivity index (χ0) is 17.6. The highest BCUT2D eigenvalue weighted by Gasteiger charge is 2.37. The molecule has 0 aliphatic carbocycles. The number of oxime groups is 1. The molecule has 0 bridgehead atoms. The largest absolute Gasteiger partial charge is 0.471 e. The van der Waals surface area contributed by atoms with Crippen LogP contribution < -0.4 is 4.74 Å². The monoisotopic (exact) mass is 359 g/mol. The van der Waals surface area contributed by atoms with E-state index in [1.165, 1.54) is 0 Å². The van der Waals surface area contributed by atoms with Crippen LogP contribution in [0.25, 0.3) is 0 Å². The van der Waals surface area contributed by atoms with Gasteiger partial charge in [0.1, 0.15) is 5.60 Å². The van der Waals surface area contributed by atoms with E-state index in [1.54, 1.807) is 13.8 Å². The molecule has 1 aromatic rings. The molecular formula is C12H10F5NO4S. The standard InChI is InChI=1S/C12H10F5NO4S/c1-12(2)3-5(18-22-12)23(19,20)4-21-11-9(16)7(14)6(13)8(15)10(11)17/h3-4H2,1-2H3. The van der Waals surface area contributed by atoms with Gasteiger partial charge in [0, 0.05) is 6.42 Å². The maximum absolute atomic E-state index is 13.4. The second kappa shape index (κ2) is 5.62. The van der Waals surface area contributed by atoms with Gasteiger partial charge in [0.25, 0.3) is 0 Å². The van der Waals surface area contributed by atoms with Crippen LogP contribution in [-0.2, 0) is 14.7 Å². The van der Waals surface area contributed by atoms with Crippen molar-refractivity contribution in [2.45, 2.75) is 25.9 Å². The molecule has 11 heteroatoms. The summed E-state index contributed by atoms with van der Waals surface area (Å²) < 4.78 is 93.7. The summed E-state index contributed by atoms with van der Waals surface area (Å²) in [4.78, 5) is 4.83. The number of benzene rings is 1. The van der Waals surface area contributed by atoms with Crippen LogP contribution in [0.4, 0.5) is 22.0 Å². The highest BCUT2D eigenvalue weighted by molar-refractivity contribution is 8.06. The second-order valence-electron chi connectivity index (χ2n) is 5.29. The summed E-state index contributed by atoms with van der Waals surface area (Å²) in [7, 11) is -4.27. The molecule has 5 nitrogen and oxygen atoms in total. The minimum atomic E-state index is -4.27. The first-order chi connectivity index (χ1) is 10.5. The van der Waals surface area contributed by atoms with Crippen molar-refractivity contribution in [3.8, 4) is 5.75 Å². The lowest BCUT2D eigenvalue weighted by atomic mass is 10.1. The molecule has 2 rings (SSSR count). The van der Waals surface area contributed by atoms with E-state index < -0.39 is 61.3 Å². The molecule has 0 spiro atoms. The summed E-state index contributed by atoms with van der Waals surface area (Å²) in [6.45, 7) is 3.09. The Morgan fingerprint density at radius 1 is 1.04 bits per heavy atom. The highest BCUT2D eigenvalue weighted by Crippen LogP contribution is 2.30. The maximum atomic E-state index is 13.4. The van der Waals surface area contributed by atoms with Crippen molar-refractivity contribution in [2.24, 2.45) is 5.16 Å². The van der Waals surface area contributed by atoms with E-state index >= 15 is 0 Å². The van der Waals surface area contributed by atoms with Crippen molar-refractivity contribution in [1.29, 1.82) is 0 Å². The molecule has 0 amide bonds. The summed E-state index contributed by atoms with van der Waals surface area (Å²) in [5.41, 5.74) is -0.896. The molecule has 1 aromatic carbocycles. The highest BCUT2D eigenvalue weighted by atomic mass is 32.2. The molecule has 0 atom stereocenters. The fourth-order valence-corrected chi connectivity index (χ4v) is 2.81. The molecule has 1 aliphatic heterocycles. The normalized spacial score (nSPS) is 16.9. The lowest BCUT2D eigenvalue weighted by Crippen LogP contribution is -2.26. The van der Waals surface area contributed by atoms with E-state index in [0.29, 0.717) is 0 Å². The average Bonchev–Trinajstić information content (AvgIpc) is 2.84. The van der Waals surface area contributed by atoms with Gasteiger partial charge in [-0.05, 0) is 13.8 Å². The first-order valence-electron chi connectivity index (χ1n) is 6.08.